The summed E-state index contributed by atoms with van der Waals surface area (Å²) < 4.78 is 22.5. The highest BCUT2D eigenvalue weighted by molar-refractivity contribution is 7.84. The van der Waals surface area contributed by atoms with Crippen molar-refractivity contribution in [1.29, 1.82) is 0 Å². The first-order valence-electron chi connectivity index (χ1n) is 6.65. The Balaban J connectivity index is 2.14. The minimum absolute atomic E-state index is 0.0677. The fourth-order valence-corrected chi connectivity index (χ4v) is 2.32. The third kappa shape index (κ3) is 3.22. The summed E-state index contributed by atoms with van der Waals surface area (Å²) >= 11 is 0. The Morgan fingerprint density at radius 2 is 2.15 bits per heavy atom. The topological polar surface area (TPSA) is 51.5 Å². The van der Waals surface area contributed by atoms with Crippen molar-refractivity contribution >= 4 is 21.8 Å². The summed E-state index contributed by atoms with van der Waals surface area (Å²) in [7, 11) is 0.820. The Labute approximate surface area is 121 Å². The monoisotopic (exact) mass is 295 g/mol. The summed E-state index contributed by atoms with van der Waals surface area (Å²) in [6.07, 6.45) is 1.73. The van der Waals surface area contributed by atoms with Gasteiger partial charge < -0.3 is 14.5 Å². The largest absolute Gasteiger partial charge is 0.493 e. The van der Waals surface area contributed by atoms with Gasteiger partial charge in [-0.3, -0.25) is 4.21 Å². The molecule has 0 saturated heterocycles. The third-order valence-corrected chi connectivity index (χ3v) is 4.75. The van der Waals surface area contributed by atoms with Gasteiger partial charge in [0.2, 0.25) is 0 Å². The molecule has 0 aliphatic carbocycles. The van der Waals surface area contributed by atoms with Crippen molar-refractivity contribution in [2.45, 2.75) is 25.1 Å². The van der Waals surface area contributed by atoms with Crippen molar-refractivity contribution in [2.75, 3.05) is 19.9 Å². The maximum Gasteiger partial charge on any atom is 0.176 e. The van der Waals surface area contributed by atoms with Gasteiger partial charge in [-0.15, -0.1) is 0 Å². The lowest BCUT2D eigenvalue weighted by atomic mass is 10.2. The van der Waals surface area contributed by atoms with Crippen LogP contribution >= 0.6 is 0 Å². The second-order valence-corrected chi connectivity index (χ2v) is 6.77. The van der Waals surface area contributed by atoms with Crippen LogP contribution in [0.5, 0.6) is 5.75 Å². The number of ether oxygens (including phenoxy) is 1. The van der Waals surface area contributed by atoms with E-state index in [1.54, 1.807) is 13.4 Å². The van der Waals surface area contributed by atoms with E-state index in [1.807, 2.05) is 38.1 Å². The van der Waals surface area contributed by atoms with Crippen LogP contribution in [0.2, 0.25) is 0 Å². The van der Waals surface area contributed by atoms with Crippen LogP contribution in [0.1, 0.15) is 25.6 Å². The fraction of sp³-hybridized carbons (Fsp3) is 0.467. The lowest BCUT2D eigenvalue weighted by Gasteiger charge is -2.14. The average molecular weight is 295 g/mol. The minimum atomic E-state index is -0.816. The molecular formula is C15H21NO3S. The molecular weight excluding hydrogens is 274 g/mol. The Kier molecular flexibility index (Phi) is 4.83. The number of nitrogens with one attached hydrogen (secondary N) is 1. The maximum absolute atomic E-state index is 11.3. The summed E-state index contributed by atoms with van der Waals surface area (Å²) in [5, 5.41) is 4.50. The molecule has 0 aliphatic heterocycles. The third-order valence-electron chi connectivity index (χ3n) is 3.45. The lowest BCUT2D eigenvalue weighted by Crippen LogP contribution is -2.29. The molecule has 2 aromatic rings. The fourth-order valence-electron chi connectivity index (χ4n) is 1.99. The Morgan fingerprint density at radius 1 is 1.40 bits per heavy atom. The number of fused-ring (bicyclic) bond motifs is 1. The second-order valence-electron chi connectivity index (χ2n) is 4.97. The number of benzene rings is 1. The molecule has 0 aliphatic rings. The van der Waals surface area contributed by atoms with Gasteiger partial charge in [0.05, 0.1) is 13.2 Å². The van der Waals surface area contributed by atoms with E-state index >= 15 is 0 Å². The first kappa shape index (κ1) is 15.1. The summed E-state index contributed by atoms with van der Waals surface area (Å²) in [6.45, 7) is 4.70. The molecule has 1 aromatic heterocycles. The number of furan rings is 1. The SMILES string of the molecule is COc1cccc2cc([C@H](C)NC[C@@H](C)[S@](C)=O)oc12. The highest BCUT2D eigenvalue weighted by atomic mass is 32.2. The van der Waals surface area contributed by atoms with E-state index < -0.39 is 10.8 Å². The van der Waals surface area contributed by atoms with Gasteiger partial charge >= 0.3 is 0 Å². The van der Waals surface area contributed by atoms with E-state index in [0.717, 1.165) is 22.5 Å². The Bertz CT molecular complexity index is 608. The molecule has 2 rings (SSSR count). The quantitative estimate of drug-likeness (QED) is 0.890. The maximum atomic E-state index is 11.3. The van der Waals surface area contributed by atoms with Crippen molar-refractivity contribution in [3.05, 3.63) is 30.0 Å². The molecule has 0 saturated carbocycles. The van der Waals surface area contributed by atoms with Crippen LogP contribution in [0, 0.1) is 0 Å². The van der Waals surface area contributed by atoms with Crippen molar-refractivity contribution in [3.8, 4) is 5.75 Å². The molecule has 20 heavy (non-hydrogen) atoms. The Hall–Kier alpha value is -1.33. The first-order valence-corrected chi connectivity index (χ1v) is 8.27. The molecule has 5 heteroatoms. The molecule has 0 unspecified atom stereocenters. The van der Waals surface area contributed by atoms with Crippen LogP contribution in [-0.4, -0.2) is 29.4 Å². The normalized spacial score (nSPS) is 16.0. The zero-order valence-electron chi connectivity index (χ0n) is 12.3. The molecule has 0 radical (unpaired) electrons. The number of hydrogen-bond acceptors (Lipinski definition) is 4. The van der Waals surface area contributed by atoms with Gasteiger partial charge in [0.25, 0.3) is 0 Å². The predicted octanol–water partition coefficient (Wildman–Crippen LogP) is 2.86. The van der Waals surface area contributed by atoms with Gasteiger partial charge in [-0.1, -0.05) is 12.1 Å². The van der Waals surface area contributed by atoms with Crippen molar-refractivity contribution < 1.29 is 13.4 Å². The standard InChI is InChI=1S/C15H21NO3S/c1-10(20(4)17)9-16-11(2)14-8-12-6-5-7-13(18-3)15(12)19-14/h5-8,10-11,16H,9H2,1-4H3/t10-,11+,20+/m1/s1. The van der Waals surface area contributed by atoms with Gasteiger partial charge in [0.15, 0.2) is 11.3 Å². The van der Waals surface area contributed by atoms with E-state index in [2.05, 4.69) is 5.32 Å². The molecule has 1 N–H and O–H groups in total. The molecule has 1 aromatic carbocycles. The summed E-state index contributed by atoms with van der Waals surface area (Å²) in [6, 6.07) is 7.92. The lowest BCUT2D eigenvalue weighted by molar-refractivity contribution is 0.400. The van der Waals surface area contributed by atoms with Crippen molar-refractivity contribution in [2.24, 2.45) is 0 Å². The number of rotatable bonds is 6. The highest BCUT2D eigenvalue weighted by Crippen LogP contribution is 2.30. The van der Waals surface area contributed by atoms with Gasteiger partial charge in [-0.25, -0.2) is 0 Å². The van der Waals surface area contributed by atoms with E-state index in [9.17, 15) is 4.21 Å². The molecule has 110 valence electrons. The van der Waals surface area contributed by atoms with Gasteiger partial charge in [-0.2, -0.15) is 0 Å². The van der Waals surface area contributed by atoms with Crippen LogP contribution in [-0.2, 0) is 10.8 Å². The van der Waals surface area contributed by atoms with E-state index in [1.165, 1.54) is 0 Å². The van der Waals surface area contributed by atoms with Crippen molar-refractivity contribution in [3.63, 3.8) is 0 Å². The van der Waals surface area contributed by atoms with E-state index in [0.29, 0.717) is 6.54 Å². The van der Waals surface area contributed by atoms with Gasteiger partial charge in [0, 0.05) is 34.2 Å². The molecule has 0 bridgehead atoms. The number of hydrogen-bond donors (Lipinski definition) is 1. The molecule has 0 spiro atoms. The van der Waals surface area contributed by atoms with Gasteiger partial charge in [-0.05, 0) is 26.0 Å². The number of para-hydroxylation sites is 1. The van der Waals surface area contributed by atoms with Crippen LogP contribution < -0.4 is 10.1 Å². The zero-order valence-corrected chi connectivity index (χ0v) is 13.1. The van der Waals surface area contributed by atoms with E-state index in [-0.39, 0.29) is 11.3 Å². The minimum Gasteiger partial charge on any atom is -0.493 e. The first-order chi connectivity index (χ1) is 9.52. The number of methoxy groups -OCH3 is 1. The van der Waals surface area contributed by atoms with Crippen LogP contribution in [0.25, 0.3) is 11.0 Å². The molecule has 0 amide bonds. The summed E-state index contributed by atoms with van der Waals surface area (Å²) in [5.41, 5.74) is 0.769. The molecule has 4 nitrogen and oxygen atoms in total. The molecule has 1 heterocycles. The average Bonchev–Trinajstić information content (AvgIpc) is 2.87. The summed E-state index contributed by atoms with van der Waals surface area (Å²) in [4.78, 5) is 0. The zero-order chi connectivity index (χ0) is 14.7. The smallest absolute Gasteiger partial charge is 0.176 e. The molecule has 0 fully saturated rings. The van der Waals surface area contributed by atoms with Crippen LogP contribution in [0.15, 0.2) is 28.7 Å². The summed E-state index contributed by atoms with van der Waals surface area (Å²) in [5.74, 6) is 1.60. The predicted molar refractivity (Wildman–Crippen MR) is 82.7 cm³/mol. The van der Waals surface area contributed by atoms with Gasteiger partial charge in [0.1, 0.15) is 5.76 Å². The van der Waals surface area contributed by atoms with Crippen LogP contribution in [0.4, 0.5) is 0 Å². The Morgan fingerprint density at radius 3 is 2.80 bits per heavy atom. The highest BCUT2D eigenvalue weighted by Gasteiger charge is 2.15. The second kappa shape index (κ2) is 6.41. The van der Waals surface area contributed by atoms with Crippen molar-refractivity contribution in [1.82, 2.24) is 5.32 Å². The van der Waals surface area contributed by atoms with Crippen LogP contribution in [0.3, 0.4) is 0 Å². The van der Waals surface area contributed by atoms with E-state index in [4.69, 9.17) is 9.15 Å². The molecule has 3 atom stereocenters.